The van der Waals surface area contributed by atoms with Gasteiger partial charge in [0.05, 0.1) is 23.5 Å². The normalized spacial score (nSPS) is 12.6. The molecule has 0 atom stereocenters. The first kappa shape index (κ1) is 15.9. The maximum absolute atomic E-state index is 12.3. The molecule has 104 valence electrons. The van der Waals surface area contributed by atoms with Crippen molar-refractivity contribution in [1.82, 2.24) is 4.31 Å². The quantitative estimate of drug-likeness (QED) is 0.727. The molecule has 4 nitrogen and oxygen atoms in total. The van der Waals surface area contributed by atoms with Gasteiger partial charge in [0, 0.05) is 18.5 Å². The highest BCUT2D eigenvalue weighted by Gasteiger charge is 2.24. The summed E-state index contributed by atoms with van der Waals surface area (Å²) in [5.41, 5.74) is 0. The summed E-state index contributed by atoms with van der Waals surface area (Å²) in [6, 6.07) is 1.59. The Morgan fingerprint density at radius 1 is 1.50 bits per heavy atom. The molecule has 0 aliphatic heterocycles. The second-order valence-corrected chi connectivity index (χ2v) is 7.37. The fourth-order valence-corrected chi connectivity index (χ4v) is 4.19. The fourth-order valence-electron chi connectivity index (χ4n) is 1.36. The van der Waals surface area contributed by atoms with Crippen molar-refractivity contribution < 1.29 is 13.2 Å². The Bertz CT molecular complexity index is 470. The highest BCUT2D eigenvalue weighted by Crippen LogP contribution is 2.25. The summed E-state index contributed by atoms with van der Waals surface area (Å²) < 4.78 is 31.2. The van der Waals surface area contributed by atoms with Gasteiger partial charge >= 0.3 is 0 Å². The molecule has 1 aromatic heterocycles. The number of alkyl halides is 1. The molecule has 0 amide bonds. The first-order valence-electron chi connectivity index (χ1n) is 5.60. The Balaban J connectivity index is 2.74. The van der Waals surface area contributed by atoms with Crippen LogP contribution in [0.1, 0.15) is 18.7 Å². The van der Waals surface area contributed by atoms with E-state index in [0.717, 1.165) is 0 Å². The molecular formula is C11H18ClNO3S2. The number of likely N-dealkylation sites (N-methyl/N-ethyl adjacent to an activating group) is 1. The van der Waals surface area contributed by atoms with Crippen molar-refractivity contribution >= 4 is 33.0 Å². The van der Waals surface area contributed by atoms with Crippen LogP contribution in [0.15, 0.2) is 16.3 Å². The van der Waals surface area contributed by atoms with Gasteiger partial charge in [-0.15, -0.1) is 22.9 Å². The minimum atomic E-state index is -3.46. The maximum Gasteiger partial charge on any atom is 0.244 e. The van der Waals surface area contributed by atoms with Crippen molar-refractivity contribution in [2.45, 2.75) is 30.7 Å². The number of hydrogen-bond acceptors (Lipinski definition) is 4. The largest absolute Gasteiger partial charge is 0.377 e. The summed E-state index contributed by atoms with van der Waals surface area (Å²) in [5.74, 6) is 0.211. The minimum Gasteiger partial charge on any atom is -0.377 e. The summed E-state index contributed by atoms with van der Waals surface area (Å²) >= 11 is 7.09. The molecule has 0 saturated heterocycles. The Morgan fingerprint density at radius 3 is 2.72 bits per heavy atom. The highest BCUT2D eigenvalue weighted by molar-refractivity contribution is 7.89. The van der Waals surface area contributed by atoms with Gasteiger partial charge in [0.15, 0.2) is 0 Å². The molecule has 0 aromatic carbocycles. The van der Waals surface area contributed by atoms with Gasteiger partial charge in [0.25, 0.3) is 0 Å². The van der Waals surface area contributed by atoms with Crippen LogP contribution in [0.4, 0.5) is 0 Å². The molecule has 1 aromatic rings. The van der Waals surface area contributed by atoms with Crippen molar-refractivity contribution in [3.05, 3.63) is 16.3 Å². The monoisotopic (exact) mass is 311 g/mol. The molecule has 0 aliphatic carbocycles. The van der Waals surface area contributed by atoms with Crippen LogP contribution >= 0.6 is 22.9 Å². The Labute approximate surface area is 118 Å². The third-order valence-corrected chi connectivity index (χ3v) is 5.79. The standard InChI is InChI=1S/C11H18ClNO3S2/c1-9(2)16-6-5-13(3)18(14,15)11-4-7-17-10(11)8-12/h4,7,9H,5-6,8H2,1-3H3. The zero-order valence-corrected chi connectivity index (χ0v) is 13.1. The second-order valence-electron chi connectivity index (χ2n) is 4.09. The van der Waals surface area contributed by atoms with Crippen molar-refractivity contribution in [2.24, 2.45) is 0 Å². The van der Waals surface area contributed by atoms with Gasteiger partial charge in [-0.05, 0) is 25.3 Å². The molecule has 1 heterocycles. The SMILES string of the molecule is CC(C)OCCN(C)S(=O)(=O)c1ccsc1CCl. The molecule has 0 N–H and O–H groups in total. The number of ether oxygens (including phenoxy) is 1. The maximum atomic E-state index is 12.3. The van der Waals surface area contributed by atoms with Crippen molar-refractivity contribution in [2.75, 3.05) is 20.2 Å². The van der Waals surface area contributed by atoms with Crippen LogP contribution < -0.4 is 0 Å². The lowest BCUT2D eigenvalue weighted by Gasteiger charge is -2.18. The zero-order chi connectivity index (χ0) is 13.8. The number of hydrogen-bond donors (Lipinski definition) is 0. The van der Waals surface area contributed by atoms with Crippen LogP contribution in [0.25, 0.3) is 0 Å². The van der Waals surface area contributed by atoms with E-state index in [2.05, 4.69) is 0 Å². The van der Waals surface area contributed by atoms with E-state index < -0.39 is 10.0 Å². The van der Waals surface area contributed by atoms with Crippen molar-refractivity contribution in [1.29, 1.82) is 0 Å². The molecule has 0 spiro atoms. The highest BCUT2D eigenvalue weighted by atomic mass is 35.5. The van der Waals surface area contributed by atoms with Crippen LogP contribution in [0, 0.1) is 0 Å². The van der Waals surface area contributed by atoms with Crippen LogP contribution in [0.2, 0.25) is 0 Å². The molecule has 0 fully saturated rings. The minimum absolute atomic E-state index is 0.0978. The number of thiophene rings is 1. The van der Waals surface area contributed by atoms with Crippen LogP contribution in [-0.4, -0.2) is 39.0 Å². The van der Waals surface area contributed by atoms with Crippen LogP contribution in [0.3, 0.4) is 0 Å². The van der Waals surface area contributed by atoms with Gasteiger partial charge in [0.1, 0.15) is 0 Å². The molecule has 18 heavy (non-hydrogen) atoms. The lowest BCUT2D eigenvalue weighted by Crippen LogP contribution is -2.31. The summed E-state index contributed by atoms with van der Waals surface area (Å²) in [7, 11) is -1.91. The topological polar surface area (TPSA) is 46.6 Å². The summed E-state index contributed by atoms with van der Waals surface area (Å²) in [6.45, 7) is 4.55. The van der Waals surface area contributed by atoms with Gasteiger partial charge in [-0.2, -0.15) is 4.31 Å². The number of sulfonamides is 1. The zero-order valence-electron chi connectivity index (χ0n) is 10.7. The lowest BCUT2D eigenvalue weighted by molar-refractivity contribution is 0.0737. The van der Waals surface area contributed by atoms with E-state index in [1.807, 2.05) is 13.8 Å². The number of nitrogens with zero attached hydrogens (tertiary/aromatic N) is 1. The average molecular weight is 312 g/mol. The molecule has 7 heteroatoms. The van der Waals surface area contributed by atoms with E-state index in [1.54, 1.807) is 18.5 Å². The molecular weight excluding hydrogens is 294 g/mol. The van der Waals surface area contributed by atoms with E-state index in [-0.39, 0.29) is 12.0 Å². The predicted octanol–water partition coefficient (Wildman–Crippen LogP) is 2.53. The third-order valence-electron chi connectivity index (χ3n) is 2.37. The van der Waals surface area contributed by atoms with E-state index in [1.165, 1.54) is 15.6 Å². The Morgan fingerprint density at radius 2 is 2.17 bits per heavy atom. The summed E-state index contributed by atoms with van der Waals surface area (Å²) in [6.07, 6.45) is 0.0978. The molecule has 0 saturated carbocycles. The van der Waals surface area contributed by atoms with Crippen molar-refractivity contribution in [3.63, 3.8) is 0 Å². The van der Waals surface area contributed by atoms with Gasteiger partial charge in [-0.25, -0.2) is 8.42 Å². The fraction of sp³-hybridized carbons (Fsp3) is 0.636. The van der Waals surface area contributed by atoms with E-state index in [9.17, 15) is 8.42 Å². The van der Waals surface area contributed by atoms with E-state index in [4.69, 9.17) is 16.3 Å². The van der Waals surface area contributed by atoms with Gasteiger partial charge in [-0.3, -0.25) is 0 Å². The van der Waals surface area contributed by atoms with E-state index in [0.29, 0.717) is 22.9 Å². The summed E-state index contributed by atoms with van der Waals surface area (Å²) in [5, 5.41) is 1.74. The molecule has 0 radical (unpaired) electrons. The Hall–Kier alpha value is -0.140. The smallest absolute Gasteiger partial charge is 0.244 e. The molecule has 0 bridgehead atoms. The van der Waals surface area contributed by atoms with Crippen LogP contribution in [-0.2, 0) is 20.6 Å². The predicted molar refractivity (Wildman–Crippen MR) is 74.8 cm³/mol. The summed E-state index contributed by atoms with van der Waals surface area (Å²) in [4.78, 5) is 0.975. The number of halogens is 1. The van der Waals surface area contributed by atoms with Gasteiger partial charge in [-0.1, -0.05) is 0 Å². The molecule has 0 aliphatic rings. The first-order chi connectivity index (χ1) is 8.39. The average Bonchev–Trinajstić information content (AvgIpc) is 2.76. The lowest BCUT2D eigenvalue weighted by atomic mass is 10.5. The van der Waals surface area contributed by atoms with Crippen LogP contribution in [0.5, 0.6) is 0 Å². The van der Waals surface area contributed by atoms with Gasteiger partial charge in [0.2, 0.25) is 10.0 Å². The van der Waals surface area contributed by atoms with Crippen molar-refractivity contribution in [3.8, 4) is 0 Å². The van der Waals surface area contributed by atoms with E-state index >= 15 is 0 Å². The molecule has 1 rings (SSSR count). The second kappa shape index (κ2) is 6.86. The first-order valence-corrected chi connectivity index (χ1v) is 8.45. The number of rotatable bonds is 7. The molecule has 0 unspecified atom stereocenters. The third kappa shape index (κ3) is 3.93. The van der Waals surface area contributed by atoms with Gasteiger partial charge < -0.3 is 4.74 Å². The Kier molecular flexibility index (Phi) is 6.07.